The Morgan fingerprint density at radius 3 is 2.54 bits per heavy atom. The molecule has 3 N–H and O–H groups in total. The lowest BCUT2D eigenvalue weighted by atomic mass is 10.2. The number of carbonyl (C=O) groups is 1. The van der Waals surface area contributed by atoms with E-state index in [4.69, 9.17) is 29.0 Å². The number of nitrogens with zero attached hydrogens (tertiary/aromatic N) is 4. The lowest BCUT2D eigenvalue weighted by molar-refractivity contribution is -0.113. The van der Waals surface area contributed by atoms with E-state index in [1.54, 1.807) is 18.2 Å². The number of anilines is 2. The SMILES string of the molecule is CN(C)c1ccc(NC(=O)CSc2nnc(-c3ccc(Cl)cc3Cl)n2N)cc1. The van der Waals surface area contributed by atoms with Gasteiger partial charge < -0.3 is 16.1 Å². The van der Waals surface area contributed by atoms with Crippen LogP contribution in [0.2, 0.25) is 10.0 Å². The second-order valence-corrected chi connectivity index (χ2v) is 7.86. The number of amides is 1. The van der Waals surface area contributed by atoms with Gasteiger partial charge in [0, 0.05) is 36.1 Å². The molecule has 0 unspecified atom stereocenters. The standard InChI is InChI=1S/C18H18Cl2N6OS/c1-25(2)13-6-4-12(5-7-13)22-16(27)10-28-18-24-23-17(26(18)21)14-8-3-11(19)9-15(14)20/h3-9H,10,21H2,1-2H3,(H,22,27). The molecule has 1 heterocycles. The molecule has 0 aliphatic heterocycles. The zero-order chi connectivity index (χ0) is 20.3. The molecular formula is C18H18Cl2N6OS. The quantitative estimate of drug-likeness (QED) is 0.451. The predicted octanol–water partition coefficient (Wildman–Crippen LogP) is 3.76. The van der Waals surface area contributed by atoms with Crippen LogP contribution in [0.15, 0.2) is 47.6 Å². The second kappa shape index (κ2) is 8.72. The summed E-state index contributed by atoms with van der Waals surface area (Å²) in [6, 6.07) is 12.6. The first-order valence-electron chi connectivity index (χ1n) is 8.21. The van der Waals surface area contributed by atoms with E-state index >= 15 is 0 Å². The molecule has 28 heavy (non-hydrogen) atoms. The number of thioether (sulfide) groups is 1. The third kappa shape index (κ3) is 4.70. The van der Waals surface area contributed by atoms with Crippen LogP contribution in [0.3, 0.4) is 0 Å². The van der Waals surface area contributed by atoms with Gasteiger partial charge in [-0.3, -0.25) is 4.79 Å². The number of halogens is 2. The number of rotatable bonds is 6. The van der Waals surface area contributed by atoms with Crippen molar-refractivity contribution in [1.29, 1.82) is 0 Å². The largest absolute Gasteiger partial charge is 0.378 e. The number of nitrogens with one attached hydrogen (secondary N) is 1. The molecule has 0 spiro atoms. The zero-order valence-corrected chi connectivity index (χ0v) is 17.5. The van der Waals surface area contributed by atoms with Gasteiger partial charge in [0.2, 0.25) is 11.1 Å². The minimum atomic E-state index is -0.170. The summed E-state index contributed by atoms with van der Waals surface area (Å²) < 4.78 is 1.30. The van der Waals surface area contributed by atoms with Crippen molar-refractivity contribution in [2.24, 2.45) is 0 Å². The first kappa shape index (κ1) is 20.3. The van der Waals surface area contributed by atoms with E-state index in [1.165, 1.54) is 16.4 Å². The number of hydrogen-bond acceptors (Lipinski definition) is 6. The number of aromatic nitrogens is 3. The number of hydrogen-bond donors (Lipinski definition) is 2. The van der Waals surface area contributed by atoms with Crippen LogP contribution >= 0.6 is 35.0 Å². The van der Waals surface area contributed by atoms with Crippen molar-refractivity contribution in [2.75, 3.05) is 35.9 Å². The first-order valence-corrected chi connectivity index (χ1v) is 9.95. The van der Waals surface area contributed by atoms with Crippen molar-refractivity contribution in [3.8, 4) is 11.4 Å². The first-order chi connectivity index (χ1) is 13.3. The van der Waals surface area contributed by atoms with Crippen molar-refractivity contribution >= 4 is 52.2 Å². The van der Waals surface area contributed by atoms with Gasteiger partial charge in [-0.2, -0.15) is 0 Å². The van der Waals surface area contributed by atoms with Gasteiger partial charge in [0.15, 0.2) is 5.82 Å². The van der Waals surface area contributed by atoms with Gasteiger partial charge in [-0.15, -0.1) is 10.2 Å². The third-order valence-corrected chi connectivity index (χ3v) is 5.33. The van der Waals surface area contributed by atoms with Crippen molar-refractivity contribution in [3.05, 3.63) is 52.5 Å². The zero-order valence-electron chi connectivity index (χ0n) is 15.2. The Hall–Kier alpha value is -2.42. The van der Waals surface area contributed by atoms with Gasteiger partial charge in [0.05, 0.1) is 10.8 Å². The lowest BCUT2D eigenvalue weighted by Gasteiger charge is -2.13. The monoisotopic (exact) mass is 436 g/mol. The molecule has 0 saturated carbocycles. The molecule has 0 saturated heterocycles. The fourth-order valence-electron chi connectivity index (χ4n) is 2.40. The highest BCUT2D eigenvalue weighted by Crippen LogP contribution is 2.30. The minimum absolute atomic E-state index is 0.138. The maximum absolute atomic E-state index is 12.2. The van der Waals surface area contributed by atoms with Crippen LogP contribution in [0.25, 0.3) is 11.4 Å². The molecule has 0 atom stereocenters. The lowest BCUT2D eigenvalue weighted by Crippen LogP contribution is -2.16. The molecule has 1 aromatic heterocycles. The number of nitrogens with two attached hydrogens (primary N) is 1. The molecule has 3 aromatic rings. The summed E-state index contributed by atoms with van der Waals surface area (Å²) in [5, 5.41) is 12.3. The Kier molecular flexibility index (Phi) is 6.33. The Bertz CT molecular complexity index is 990. The summed E-state index contributed by atoms with van der Waals surface area (Å²) in [7, 11) is 3.91. The summed E-state index contributed by atoms with van der Waals surface area (Å²) >= 11 is 13.3. The second-order valence-electron chi connectivity index (χ2n) is 6.08. The van der Waals surface area contributed by atoms with Crippen LogP contribution in [-0.2, 0) is 4.79 Å². The van der Waals surface area contributed by atoms with Crippen LogP contribution in [0, 0.1) is 0 Å². The van der Waals surface area contributed by atoms with Gasteiger partial charge in [-0.1, -0.05) is 35.0 Å². The maximum Gasteiger partial charge on any atom is 0.234 e. The molecule has 10 heteroatoms. The van der Waals surface area contributed by atoms with E-state index in [0.717, 1.165) is 11.4 Å². The molecule has 0 radical (unpaired) electrons. The predicted molar refractivity (Wildman–Crippen MR) is 116 cm³/mol. The fraction of sp³-hybridized carbons (Fsp3) is 0.167. The van der Waals surface area contributed by atoms with Crippen LogP contribution < -0.4 is 16.1 Å². The molecule has 0 aliphatic carbocycles. The van der Waals surface area contributed by atoms with Gasteiger partial charge in [-0.25, -0.2) is 4.68 Å². The molecule has 1 amide bonds. The van der Waals surface area contributed by atoms with E-state index in [2.05, 4.69) is 15.5 Å². The Balaban J connectivity index is 1.63. The van der Waals surface area contributed by atoms with Crippen LogP contribution in [0.5, 0.6) is 0 Å². The summed E-state index contributed by atoms with van der Waals surface area (Å²) in [4.78, 5) is 14.2. The molecule has 2 aromatic carbocycles. The van der Waals surface area contributed by atoms with Crippen LogP contribution in [0.1, 0.15) is 0 Å². The average Bonchev–Trinajstić information content (AvgIpc) is 3.01. The molecule has 0 bridgehead atoms. The summed E-state index contributed by atoms with van der Waals surface area (Å²) in [5.74, 6) is 6.43. The minimum Gasteiger partial charge on any atom is -0.378 e. The van der Waals surface area contributed by atoms with Crippen molar-refractivity contribution in [3.63, 3.8) is 0 Å². The van der Waals surface area contributed by atoms with Crippen molar-refractivity contribution in [1.82, 2.24) is 14.9 Å². The summed E-state index contributed by atoms with van der Waals surface area (Å²) in [6.07, 6.45) is 0. The summed E-state index contributed by atoms with van der Waals surface area (Å²) in [5.41, 5.74) is 2.38. The topological polar surface area (TPSA) is 89.1 Å². The smallest absolute Gasteiger partial charge is 0.234 e. The van der Waals surface area contributed by atoms with Crippen molar-refractivity contribution in [2.45, 2.75) is 5.16 Å². The normalized spacial score (nSPS) is 10.7. The fourth-order valence-corrected chi connectivity index (χ4v) is 3.55. The van der Waals surface area contributed by atoms with Gasteiger partial charge in [0.25, 0.3) is 0 Å². The molecule has 3 rings (SSSR count). The van der Waals surface area contributed by atoms with E-state index < -0.39 is 0 Å². The Morgan fingerprint density at radius 2 is 1.89 bits per heavy atom. The molecule has 0 fully saturated rings. The van der Waals surface area contributed by atoms with Crippen LogP contribution in [-0.4, -0.2) is 40.6 Å². The highest BCUT2D eigenvalue weighted by molar-refractivity contribution is 7.99. The highest BCUT2D eigenvalue weighted by Gasteiger charge is 2.16. The van der Waals surface area contributed by atoms with E-state index in [1.807, 2.05) is 43.3 Å². The van der Waals surface area contributed by atoms with Gasteiger partial charge in [0.1, 0.15) is 0 Å². The Labute approximate surface area is 176 Å². The van der Waals surface area contributed by atoms with Crippen molar-refractivity contribution < 1.29 is 4.79 Å². The third-order valence-electron chi connectivity index (χ3n) is 3.84. The number of carbonyl (C=O) groups excluding carboxylic acids is 1. The summed E-state index contributed by atoms with van der Waals surface area (Å²) in [6.45, 7) is 0. The molecule has 7 nitrogen and oxygen atoms in total. The van der Waals surface area contributed by atoms with Gasteiger partial charge >= 0.3 is 0 Å². The molecule has 146 valence electrons. The van der Waals surface area contributed by atoms with Crippen LogP contribution in [0.4, 0.5) is 11.4 Å². The van der Waals surface area contributed by atoms with Gasteiger partial charge in [-0.05, 0) is 42.5 Å². The molecular weight excluding hydrogens is 419 g/mol. The van der Waals surface area contributed by atoms with E-state index in [-0.39, 0.29) is 11.7 Å². The Morgan fingerprint density at radius 1 is 1.18 bits per heavy atom. The maximum atomic E-state index is 12.2. The average molecular weight is 437 g/mol. The van der Waals surface area contributed by atoms with E-state index in [9.17, 15) is 4.79 Å². The number of nitrogen functional groups attached to an aromatic ring is 1. The molecule has 0 aliphatic rings. The number of benzene rings is 2. The highest BCUT2D eigenvalue weighted by atomic mass is 35.5. The van der Waals surface area contributed by atoms with E-state index in [0.29, 0.717) is 26.6 Å².